The Balaban J connectivity index is 1.65. The number of hydroxylamine groups is 2. The van der Waals surface area contributed by atoms with Crippen LogP contribution in [0.5, 0.6) is 0 Å². The summed E-state index contributed by atoms with van der Waals surface area (Å²) in [7, 11) is 1.65. The van der Waals surface area contributed by atoms with Crippen molar-refractivity contribution in [1.82, 2.24) is 10.4 Å². The Morgan fingerprint density at radius 2 is 2.04 bits per heavy atom. The molecule has 1 aromatic rings. The normalized spacial score (nSPS) is 26.1. The van der Waals surface area contributed by atoms with Crippen molar-refractivity contribution in [3.8, 4) is 0 Å². The van der Waals surface area contributed by atoms with Crippen molar-refractivity contribution in [1.29, 1.82) is 0 Å². The van der Waals surface area contributed by atoms with E-state index in [0.717, 1.165) is 24.4 Å². The monoisotopic (exact) mass is 326 g/mol. The second-order valence-corrected chi connectivity index (χ2v) is 6.27. The predicted octanol–water partition coefficient (Wildman–Crippen LogP) is 2.59. The van der Waals surface area contributed by atoms with Crippen LogP contribution in [0.25, 0.3) is 0 Å². The molecule has 1 atom stereocenters. The Morgan fingerprint density at radius 1 is 1.25 bits per heavy atom. The molecular weight excluding hydrogens is 304 g/mol. The molecule has 126 valence electrons. The van der Waals surface area contributed by atoms with Gasteiger partial charge in [0.05, 0.1) is 18.6 Å². The number of amidine groups is 1. The number of benzene rings is 1. The molecule has 0 radical (unpaired) electrons. The van der Waals surface area contributed by atoms with E-state index < -0.39 is 5.85 Å². The van der Waals surface area contributed by atoms with Crippen molar-refractivity contribution in [2.75, 3.05) is 7.11 Å². The van der Waals surface area contributed by atoms with Gasteiger partial charge in [-0.05, 0) is 18.4 Å². The van der Waals surface area contributed by atoms with Gasteiger partial charge in [0.2, 0.25) is 0 Å². The van der Waals surface area contributed by atoms with E-state index in [1.54, 1.807) is 24.7 Å². The maximum atomic E-state index is 6.33. The first-order chi connectivity index (χ1) is 11.8. The molecule has 4 rings (SSSR count). The van der Waals surface area contributed by atoms with Crippen LogP contribution in [0.1, 0.15) is 31.2 Å². The zero-order chi connectivity index (χ0) is 16.4. The van der Waals surface area contributed by atoms with E-state index in [2.05, 4.69) is 27.4 Å². The minimum atomic E-state index is -0.992. The fourth-order valence-corrected chi connectivity index (χ4v) is 3.42. The summed E-state index contributed by atoms with van der Waals surface area (Å²) in [6, 6.07) is 10.3. The summed E-state index contributed by atoms with van der Waals surface area (Å²) >= 11 is 0. The lowest BCUT2D eigenvalue weighted by molar-refractivity contribution is -0.261. The van der Waals surface area contributed by atoms with Crippen LogP contribution in [-0.4, -0.2) is 36.3 Å². The van der Waals surface area contributed by atoms with E-state index >= 15 is 0 Å². The summed E-state index contributed by atoms with van der Waals surface area (Å²) in [5, 5.41) is 4.87. The van der Waals surface area contributed by atoms with Gasteiger partial charge in [0.1, 0.15) is 11.5 Å². The lowest BCUT2D eigenvalue weighted by Crippen LogP contribution is -2.56. The smallest absolute Gasteiger partial charge is 0.309 e. The predicted molar refractivity (Wildman–Crippen MR) is 92.2 cm³/mol. The van der Waals surface area contributed by atoms with Gasteiger partial charge in [0.25, 0.3) is 0 Å². The van der Waals surface area contributed by atoms with Gasteiger partial charge < -0.3 is 10.1 Å². The van der Waals surface area contributed by atoms with Crippen LogP contribution in [0.15, 0.2) is 52.2 Å². The van der Waals surface area contributed by atoms with Crippen molar-refractivity contribution < 1.29 is 9.57 Å². The Hall–Kier alpha value is -2.18. The molecule has 0 bridgehead atoms. The van der Waals surface area contributed by atoms with Gasteiger partial charge in [-0.25, -0.2) is 9.98 Å². The third-order valence-electron chi connectivity index (χ3n) is 4.71. The third kappa shape index (κ3) is 2.61. The van der Waals surface area contributed by atoms with Crippen LogP contribution >= 0.6 is 0 Å². The van der Waals surface area contributed by atoms with Crippen LogP contribution in [0.3, 0.4) is 0 Å². The first kappa shape index (κ1) is 15.4. The first-order valence-corrected chi connectivity index (χ1v) is 8.45. The number of hydrogen-bond donors (Lipinski definition) is 1. The Morgan fingerprint density at radius 3 is 2.79 bits per heavy atom. The molecule has 0 amide bonds. The number of nitrogens with one attached hydrogen (secondary N) is 1. The minimum absolute atomic E-state index is 0.188. The van der Waals surface area contributed by atoms with Crippen LogP contribution in [0.4, 0.5) is 0 Å². The number of methoxy groups -OCH3 is 1. The van der Waals surface area contributed by atoms with Crippen LogP contribution < -0.4 is 5.32 Å². The summed E-state index contributed by atoms with van der Waals surface area (Å²) in [6.45, 7) is 0. The maximum absolute atomic E-state index is 6.33. The molecule has 2 heterocycles. The average Bonchev–Trinajstić information content (AvgIpc) is 3.27. The topological polar surface area (TPSA) is 58.5 Å². The van der Waals surface area contributed by atoms with Gasteiger partial charge in [-0.2, -0.15) is 5.06 Å². The van der Waals surface area contributed by atoms with Gasteiger partial charge in [-0.3, -0.25) is 4.84 Å². The molecule has 1 saturated carbocycles. The summed E-state index contributed by atoms with van der Waals surface area (Å²) in [5.74, 6) is -0.186. The quantitative estimate of drug-likeness (QED) is 0.903. The Bertz CT molecular complexity index is 680. The van der Waals surface area contributed by atoms with Crippen LogP contribution in [0, 0.1) is 0 Å². The molecule has 2 aliphatic heterocycles. The molecular formula is C18H22N4O2. The molecule has 6 heteroatoms. The number of fused-ring (bicyclic) bond motifs is 1. The molecule has 0 spiro atoms. The van der Waals surface area contributed by atoms with Gasteiger partial charge in [0.15, 0.2) is 0 Å². The highest BCUT2D eigenvalue weighted by Crippen LogP contribution is 2.35. The molecule has 1 fully saturated rings. The standard InChI is InChI=1S/C18H22N4O2/c1-23-18-16(20-13-21-18)12-19-17(11-14-7-3-2-4-8-14)22(18)24-15-9-5-6-10-15/h2-4,7-8,12-13,15H,5-6,9-11H2,1H3,(H,20,21). The van der Waals surface area contributed by atoms with Crippen LogP contribution in [-0.2, 0) is 16.0 Å². The highest BCUT2D eigenvalue weighted by Gasteiger charge is 2.49. The summed E-state index contributed by atoms with van der Waals surface area (Å²) in [5.41, 5.74) is 1.95. The molecule has 1 N–H and O–H groups in total. The molecule has 1 unspecified atom stereocenters. The van der Waals surface area contributed by atoms with E-state index in [0.29, 0.717) is 6.42 Å². The first-order valence-electron chi connectivity index (χ1n) is 8.45. The SMILES string of the molecule is COC12N=CNC1=CN=C(Cc1ccccc1)N2OC1CCCC1. The number of ether oxygens (including phenoxy) is 1. The van der Waals surface area contributed by atoms with Gasteiger partial charge in [0, 0.05) is 13.5 Å². The molecule has 1 aliphatic carbocycles. The molecule has 1 aromatic carbocycles. The van der Waals surface area contributed by atoms with Crippen molar-refractivity contribution in [3.05, 3.63) is 47.8 Å². The van der Waals surface area contributed by atoms with E-state index in [4.69, 9.17) is 9.57 Å². The van der Waals surface area contributed by atoms with E-state index in [9.17, 15) is 0 Å². The van der Waals surface area contributed by atoms with Crippen LogP contribution in [0.2, 0.25) is 0 Å². The summed E-state index contributed by atoms with van der Waals surface area (Å²) in [4.78, 5) is 15.5. The minimum Gasteiger partial charge on any atom is -0.343 e. The maximum Gasteiger partial charge on any atom is 0.309 e. The summed E-state index contributed by atoms with van der Waals surface area (Å²) < 4.78 is 5.78. The molecule has 6 nitrogen and oxygen atoms in total. The number of nitrogens with zero attached hydrogens (tertiary/aromatic N) is 3. The van der Waals surface area contributed by atoms with E-state index in [1.165, 1.54) is 18.4 Å². The van der Waals surface area contributed by atoms with Crippen molar-refractivity contribution in [2.24, 2.45) is 9.98 Å². The third-order valence-corrected chi connectivity index (χ3v) is 4.71. The Labute approximate surface area is 141 Å². The van der Waals surface area contributed by atoms with Crippen molar-refractivity contribution in [2.45, 2.75) is 44.1 Å². The van der Waals surface area contributed by atoms with Gasteiger partial charge >= 0.3 is 5.85 Å². The second-order valence-electron chi connectivity index (χ2n) is 6.27. The zero-order valence-electron chi connectivity index (χ0n) is 13.8. The zero-order valence-corrected chi connectivity index (χ0v) is 13.8. The number of rotatable bonds is 5. The number of hydrogen-bond acceptors (Lipinski definition) is 6. The molecule has 3 aliphatic rings. The summed E-state index contributed by atoms with van der Waals surface area (Å²) in [6.07, 6.45) is 8.80. The largest absolute Gasteiger partial charge is 0.343 e. The lowest BCUT2D eigenvalue weighted by atomic mass is 10.1. The molecule has 0 aromatic heterocycles. The average molecular weight is 326 g/mol. The highest BCUT2D eigenvalue weighted by atomic mass is 16.7. The molecule has 24 heavy (non-hydrogen) atoms. The fourth-order valence-electron chi connectivity index (χ4n) is 3.42. The van der Waals surface area contributed by atoms with E-state index in [1.807, 2.05) is 18.2 Å². The number of aliphatic imine (C=N–C) groups is 2. The second kappa shape index (κ2) is 6.37. The van der Waals surface area contributed by atoms with Crippen molar-refractivity contribution >= 4 is 12.2 Å². The van der Waals surface area contributed by atoms with Gasteiger partial charge in [-0.1, -0.05) is 43.2 Å². The molecule has 0 saturated heterocycles. The highest BCUT2D eigenvalue weighted by molar-refractivity contribution is 5.87. The fraction of sp³-hybridized carbons (Fsp3) is 0.444. The Kier molecular flexibility index (Phi) is 4.08. The lowest BCUT2D eigenvalue weighted by Gasteiger charge is -2.41. The van der Waals surface area contributed by atoms with Crippen molar-refractivity contribution in [3.63, 3.8) is 0 Å². The van der Waals surface area contributed by atoms with E-state index in [-0.39, 0.29) is 6.10 Å². The van der Waals surface area contributed by atoms with Gasteiger partial charge in [-0.15, -0.1) is 0 Å².